The highest BCUT2D eigenvalue weighted by molar-refractivity contribution is 8.00. The Morgan fingerprint density at radius 1 is 1.15 bits per heavy atom. The molecule has 4 heteroatoms. The maximum atomic E-state index is 12.3. The second-order valence-corrected chi connectivity index (χ2v) is 5.31. The second-order valence-electron chi connectivity index (χ2n) is 4.26. The van der Waals surface area contributed by atoms with Crippen molar-refractivity contribution in [3.8, 4) is 5.75 Å². The number of para-hydroxylation sites is 1. The number of phenolic OH excluding ortho intramolecular Hbond substituents is 1. The van der Waals surface area contributed by atoms with Gasteiger partial charge >= 0.3 is 0 Å². The zero-order chi connectivity index (χ0) is 14.4. The number of anilines is 1. The van der Waals surface area contributed by atoms with Crippen molar-refractivity contribution in [2.75, 3.05) is 17.2 Å². The van der Waals surface area contributed by atoms with E-state index in [1.54, 1.807) is 23.1 Å². The zero-order valence-corrected chi connectivity index (χ0v) is 12.1. The van der Waals surface area contributed by atoms with E-state index in [2.05, 4.69) is 0 Å². The van der Waals surface area contributed by atoms with Gasteiger partial charge in [0.25, 0.3) is 0 Å². The quantitative estimate of drug-likeness (QED) is 0.855. The molecular weight excluding hydrogens is 270 g/mol. The average Bonchev–Trinajstić information content (AvgIpc) is 2.47. The van der Waals surface area contributed by atoms with Crippen LogP contribution < -0.4 is 4.90 Å². The molecule has 0 aromatic heterocycles. The monoisotopic (exact) mass is 287 g/mol. The maximum absolute atomic E-state index is 12.3. The van der Waals surface area contributed by atoms with Gasteiger partial charge in [0.2, 0.25) is 5.91 Å². The summed E-state index contributed by atoms with van der Waals surface area (Å²) in [7, 11) is 0. The molecule has 1 N–H and O–H groups in total. The van der Waals surface area contributed by atoms with E-state index in [0.717, 1.165) is 10.6 Å². The van der Waals surface area contributed by atoms with Gasteiger partial charge in [-0.25, -0.2) is 0 Å². The molecule has 3 nitrogen and oxygen atoms in total. The van der Waals surface area contributed by atoms with Crippen LogP contribution in [-0.4, -0.2) is 23.3 Å². The summed E-state index contributed by atoms with van der Waals surface area (Å²) < 4.78 is 0. The number of carbonyl (C=O) groups is 1. The number of phenols is 1. The van der Waals surface area contributed by atoms with Crippen molar-refractivity contribution in [1.82, 2.24) is 0 Å². The number of nitrogens with zero attached hydrogens (tertiary/aromatic N) is 1. The molecule has 0 aliphatic rings. The minimum atomic E-state index is 0.0621. The summed E-state index contributed by atoms with van der Waals surface area (Å²) in [5.74, 6) is 0.636. The van der Waals surface area contributed by atoms with Crippen LogP contribution in [0.15, 0.2) is 59.5 Å². The number of hydrogen-bond donors (Lipinski definition) is 1. The Labute approximate surface area is 123 Å². The molecule has 0 radical (unpaired) electrons. The molecule has 0 atom stereocenters. The van der Waals surface area contributed by atoms with Crippen LogP contribution in [-0.2, 0) is 4.79 Å². The Balaban J connectivity index is 2.00. The molecule has 0 aliphatic heterocycles. The summed E-state index contributed by atoms with van der Waals surface area (Å²) in [4.78, 5) is 14.9. The lowest BCUT2D eigenvalue weighted by atomic mass is 10.3. The predicted octanol–water partition coefficient (Wildman–Crippen LogP) is 3.54. The van der Waals surface area contributed by atoms with Gasteiger partial charge in [-0.1, -0.05) is 24.3 Å². The summed E-state index contributed by atoms with van der Waals surface area (Å²) in [6, 6.07) is 16.6. The number of carbonyl (C=O) groups excluding carboxylic acids is 1. The molecular formula is C16H17NO2S. The highest BCUT2D eigenvalue weighted by Crippen LogP contribution is 2.23. The van der Waals surface area contributed by atoms with Crippen LogP contribution >= 0.6 is 11.8 Å². The standard InChI is InChI=1S/C16H17NO2S/c1-2-17(13-7-4-3-5-8-13)16(19)12-20-15-10-6-9-14(18)11-15/h3-11,18H,2,12H2,1H3. The average molecular weight is 287 g/mol. The molecule has 2 rings (SSSR count). The molecule has 0 bridgehead atoms. The van der Waals surface area contributed by atoms with Gasteiger partial charge in [0, 0.05) is 17.1 Å². The molecule has 0 spiro atoms. The van der Waals surface area contributed by atoms with E-state index < -0.39 is 0 Å². The van der Waals surface area contributed by atoms with E-state index >= 15 is 0 Å². The van der Waals surface area contributed by atoms with E-state index in [9.17, 15) is 9.90 Å². The Bertz CT molecular complexity index is 572. The number of amides is 1. The van der Waals surface area contributed by atoms with Gasteiger partial charge in [0.15, 0.2) is 0 Å². The van der Waals surface area contributed by atoms with Crippen molar-refractivity contribution in [2.24, 2.45) is 0 Å². The molecule has 0 aliphatic carbocycles. The fraction of sp³-hybridized carbons (Fsp3) is 0.188. The van der Waals surface area contributed by atoms with E-state index in [1.807, 2.05) is 43.3 Å². The fourth-order valence-electron chi connectivity index (χ4n) is 1.91. The van der Waals surface area contributed by atoms with Crippen LogP contribution in [0.2, 0.25) is 0 Å². The van der Waals surface area contributed by atoms with Crippen LogP contribution in [0.1, 0.15) is 6.92 Å². The van der Waals surface area contributed by atoms with Crippen LogP contribution in [0.3, 0.4) is 0 Å². The molecule has 20 heavy (non-hydrogen) atoms. The summed E-state index contributed by atoms with van der Waals surface area (Å²) >= 11 is 1.43. The second kappa shape index (κ2) is 7.01. The van der Waals surface area contributed by atoms with Gasteiger partial charge < -0.3 is 10.0 Å². The number of hydrogen-bond acceptors (Lipinski definition) is 3. The van der Waals surface area contributed by atoms with Crippen molar-refractivity contribution in [1.29, 1.82) is 0 Å². The first kappa shape index (κ1) is 14.5. The number of rotatable bonds is 5. The molecule has 0 fully saturated rings. The Hall–Kier alpha value is -1.94. The van der Waals surface area contributed by atoms with E-state index in [-0.39, 0.29) is 11.7 Å². The molecule has 104 valence electrons. The van der Waals surface area contributed by atoms with Crippen LogP contribution in [0.5, 0.6) is 5.75 Å². The number of thioether (sulfide) groups is 1. The molecule has 2 aromatic carbocycles. The minimum absolute atomic E-state index is 0.0621. The van der Waals surface area contributed by atoms with Crippen molar-refractivity contribution >= 4 is 23.4 Å². The van der Waals surface area contributed by atoms with E-state index in [1.165, 1.54) is 11.8 Å². The first-order chi connectivity index (χ1) is 9.70. The third-order valence-corrected chi connectivity index (χ3v) is 3.84. The lowest BCUT2D eigenvalue weighted by Crippen LogP contribution is -2.32. The Morgan fingerprint density at radius 3 is 2.55 bits per heavy atom. The minimum Gasteiger partial charge on any atom is -0.508 e. The predicted molar refractivity (Wildman–Crippen MR) is 83.3 cm³/mol. The number of benzene rings is 2. The third kappa shape index (κ3) is 3.78. The van der Waals surface area contributed by atoms with Crippen LogP contribution in [0.25, 0.3) is 0 Å². The van der Waals surface area contributed by atoms with Gasteiger partial charge in [0.05, 0.1) is 5.75 Å². The van der Waals surface area contributed by atoms with E-state index in [4.69, 9.17) is 0 Å². The van der Waals surface area contributed by atoms with Crippen molar-refractivity contribution in [3.05, 3.63) is 54.6 Å². The van der Waals surface area contributed by atoms with Gasteiger partial charge in [-0.15, -0.1) is 11.8 Å². The first-order valence-corrected chi connectivity index (χ1v) is 7.46. The smallest absolute Gasteiger partial charge is 0.237 e. The van der Waals surface area contributed by atoms with Gasteiger partial charge in [-0.3, -0.25) is 4.79 Å². The SMILES string of the molecule is CCN(C(=O)CSc1cccc(O)c1)c1ccccc1. The zero-order valence-electron chi connectivity index (χ0n) is 11.3. The highest BCUT2D eigenvalue weighted by Gasteiger charge is 2.13. The molecule has 1 amide bonds. The summed E-state index contributed by atoms with van der Waals surface area (Å²) in [6.07, 6.45) is 0. The lowest BCUT2D eigenvalue weighted by molar-refractivity contribution is -0.116. The first-order valence-electron chi connectivity index (χ1n) is 6.48. The molecule has 0 heterocycles. The van der Waals surface area contributed by atoms with Gasteiger partial charge in [0.1, 0.15) is 5.75 Å². The maximum Gasteiger partial charge on any atom is 0.237 e. The van der Waals surface area contributed by atoms with Gasteiger partial charge in [-0.2, -0.15) is 0 Å². The Kier molecular flexibility index (Phi) is 5.07. The third-order valence-electron chi connectivity index (χ3n) is 2.87. The highest BCUT2D eigenvalue weighted by atomic mass is 32.2. The summed E-state index contributed by atoms with van der Waals surface area (Å²) in [5.41, 5.74) is 0.913. The van der Waals surface area contributed by atoms with Gasteiger partial charge in [-0.05, 0) is 37.3 Å². The van der Waals surface area contributed by atoms with Crippen molar-refractivity contribution < 1.29 is 9.90 Å². The van der Waals surface area contributed by atoms with Crippen LogP contribution in [0.4, 0.5) is 5.69 Å². The molecule has 0 saturated carbocycles. The largest absolute Gasteiger partial charge is 0.508 e. The topological polar surface area (TPSA) is 40.5 Å². The summed E-state index contributed by atoms with van der Waals surface area (Å²) in [5, 5.41) is 9.40. The fourth-order valence-corrected chi connectivity index (χ4v) is 2.73. The normalized spacial score (nSPS) is 10.2. The Morgan fingerprint density at radius 2 is 1.90 bits per heavy atom. The molecule has 0 saturated heterocycles. The molecule has 2 aromatic rings. The lowest BCUT2D eigenvalue weighted by Gasteiger charge is -2.20. The van der Waals surface area contributed by atoms with Crippen molar-refractivity contribution in [3.63, 3.8) is 0 Å². The van der Waals surface area contributed by atoms with Crippen LogP contribution in [0, 0.1) is 0 Å². The van der Waals surface area contributed by atoms with Crippen molar-refractivity contribution in [2.45, 2.75) is 11.8 Å². The summed E-state index contributed by atoms with van der Waals surface area (Å²) in [6.45, 7) is 2.60. The molecule has 0 unspecified atom stereocenters. The number of aromatic hydroxyl groups is 1. The van der Waals surface area contributed by atoms with E-state index in [0.29, 0.717) is 12.3 Å².